The van der Waals surface area contributed by atoms with Crippen molar-refractivity contribution in [1.29, 1.82) is 0 Å². The van der Waals surface area contributed by atoms with Crippen molar-refractivity contribution >= 4 is 5.97 Å². The zero-order chi connectivity index (χ0) is 9.35. The van der Waals surface area contributed by atoms with Gasteiger partial charge < -0.3 is 5.11 Å². The Morgan fingerprint density at radius 3 is 2.25 bits per heavy atom. The molecule has 1 rings (SSSR count). The summed E-state index contributed by atoms with van der Waals surface area (Å²) in [7, 11) is 0. The molecule has 0 spiro atoms. The number of hydrogen-bond acceptors (Lipinski definition) is 1. The molecule has 1 unspecified atom stereocenters. The zero-order valence-electron chi connectivity index (χ0n) is 8.13. The zero-order valence-corrected chi connectivity index (χ0v) is 8.13. The fraction of sp³-hybridized carbons (Fsp3) is 0.900. The lowest BCUT2D eigenvalue weighted by molar-refractivity contribution is -0.146. The van der Waals surface area contributed by atoms with E-state index in [1.807, 2.05) is 20.8 Å². The number of rotatable bonds is 3. The summed E-state index contributed by atoms with van der Waals surface area (Å²) in [5.41, 5.74) is -0.0889. The number of aliphatic carboxylic acids is 1. The van der Waals surface area contributed by atoms with Crippen LogP contribution in [0.4, 0.5) is 0 Å². The predicted molar refractivity (Wildman–Crippen MR) is 47.9 cm³/mol. The number of carbonyl (C=O) groups is 1. The minimum Gasteiger partial charge on any atom is -0.481 e. The van der Waals surface area contributed by atoms with E-state index < -0.39 is 5.97 Å². The second kappa shape index (κ2) is 3.08. The summed E-state index contributed by atoms with van der Waals surface area (Å²) < 4.78 is 0. The third-order valence-corrected chi connectivity index (χ3v) is 2.61. The summed E-state index contributed by atoms with van der Waals surface area (Å²) in [6.07, 6.45) is 3.35. The molecule has 0 radical (unpaired) electrons. The van der Waals surface area contributed by atoms with Crippen LogP contribution >= 0.6 is 0 Å². The van der Waals surface area contributed by atoms with Crippen LogP contribution in [-0.2, 0) is 4.79 Å². The van der Waals surface area contributed by atoms with Gasteiger partial charge in [0, 0.05) is 0 Å². The first-order valence-corrected chi connectivity index (χ1v) is 4.64. The van der Waals surface area contributed by atoms with E-state index in [9.17, 15) is 4.79 Å². The fourth-order valence-corrected chi connectivity index (χ4v) is 1.51. The summed E-state index contributed by atoms with van der Waals surface area (Å²) in [6.45, 7) is 6.02. The molecule has 0 aromatic carbocycles. The minimum absolute atomic E-state index is 0.0889. The van der Waals surface area contributed by atoms with Gasteiger partial charge in [0.15, 0.2) is 0 Å². The van der Waals surface area contributed by atoms with Gasteiger partial charge in [-0.2, -0.15) is 0 Å². The van der Waals surface area contributed by atoms with Crippen molar-refractivity contribution in [3.63, 3.8) is 0 Å². The Hall–Kier alpha value is -0.530. The first-order chi connectivity index (χ1) is 5.41. The Labute approximate surface area is 74.0 Å². The van der Waals surface area contributed by atoms with Crippen LogP contribution in [0, 0.1) is 17.3 Å². The van der Waals surface area contributed by atoms with Gasteiger partial charge in [-0.15, -0.1) is 0 Å². The Morgan fingerprint density at radius 2 is 2.00 bits per heavy atom. The summed E-state index contributed by atoms with van der Waals surface area (Å²) in [5, 5.41) is 8.99. The second-order valence-electron chi connectivity index (χ2n) is 4.94. The van der Waals surface area contributed by atoms with Crippen molar-refractivity contribution < 1.29 is 9.90 Å². The van der Waals surface area contributed by atoms with E-state index in [0.29, 0.717) is 5.92 Å². The normalized spacial score (nSPS) is 20.6. The smallest absolute Gasteiger partial charge is 0.307 e. The summed E-state index contributed by atoms with van der Waals surface area (Å²) in [6, 6.07) is 0. The van der Waals surface area contributed by atoms with Crippen LogP contribution in [0.25, 0.3) is 0 Å². The van der Waals surface area contributed by atoms with Crippen LogP contribution in [0.15, 0.2) is 0 Å². The van der Waals surface area contributed by atoms with Crippen LogP contribution < -0.4 is 0 Å². The molecule has 0 aliphatic heterocycles. The Bertz CT molecular complexity index is 175. The van der Waals surface area contributed by atoms with Gasteiger partial charge in [-0.25, -0.2) is 0 Å². The molecule has 1 N–H and O–H groups in total. The van der Waals surface area contributed by atoms with Gasteiger partial charge in [0.1, 0.15) is 0 Å². The third kappa shape index (κ3) is 2.50. The van der Waals surface area contributed by atoms with Crippen molar-refractivity contribution in [3.8, 4) is 0 Å². The molecule has 1 saturated carbocycles. The van der Waals surface area contributed by atoms with Crippen LogP contribution in [0.1, 0.15) is 40.0 Å². The number of carboxylic acid groups (broad SMARTS) is 1. The maximum absolute atomic E-state index is 10.9. The molecule has 0 bridgehead atoms. The summed E-state index contributed by atoms with van der Waals surface area (Å²) in [4.78, 5) is 10.9. The highest BCUT2D eigenvalue weighted by molar-refractivity contribution is 5.70. The van der Waals surface area contributed by atoms with E-state index >= 15 is 0 Å². The molecule has 12 heavy (non-hydrogen) atoms. The quantitative estimate of drug-likeness (QED) is 0.706. The lowest BCUT2D eigenvalue weighted by atomic mass is 9.78. The lowest BCUT2D eigenvalue weighted by Crippen LogP contribution is -2.28. The first-order valence-electron chi connectivity index (χ1n) is 4.64. The maximum Gasteiger partial charge on any atom is 0.307 e. The number of hydrogen-bond donors (Lipinski definition) is 1. The van der Waals surface area contributed by atoms with E-state index in [2.05, 4.69) is 0 Å². The monoisotopic (exact) mass is 170 g/mol. The first kappa shape index (κ1) is 9.56. The van der Waals surface area contributed by atoms with Crippen molar-refractivity contribution in [3.05, 3.63) is 0 Å². The average molecular weight is 170 g/mol. The largest absolute Gasteiger partial charge is 0.481 e. The highest BCUT2D eigenvalue weighted by Gasteiger charge is 2.36. The lowest BCUT2D eigenvalue weighted by Gasteiger charge is -2.26. The average Bonchev–Trinajstić information content (AvgIpc) is 2.61. The van der Waals surface area contributed by atoms with Gasteiger partial charge >= 0.3 is 5.97 Å². The molecule has 0 heterocycles. The molecule has 2 heteroatoms. The topological polar surface area (TPSA) is 37.3 Å². The van der Waals surface area contributed by atoms with Gasteiger partial charge in [0.25, 0.3) is 0 Å². The van der Waals surface area contributed by atoms with E-state index in [-0.39, 0.29) is 11.3 Å². The standard InChI is InChI=1S/C10H18O2/c1-10(2,3)8(9(11)12)6-7-4-5-7/h7-8H,4-6H2,1-3H3,(H,11,12). The van der Waals surface area contributed by atoms with Gasteiger partial charge in [-0.05, 0) is 17.8 Å². The molecule has 0 aromatic heterocycles. The SMILES string of the molecule is CC(C)(C)C(CC1CC1)C(=O)O. The molecule has 1 aliphatic rings. The molecule has 0 aromatic rings. The van der Waals surface area contributed by atoms with Crippen molar-refractivity contribution in [2.45, 2.75) is 40.0 Å². The van der Waals surface area contributed by atoms with Gasteiger partial charge in [0.2, 0.25) is 0 Å². The van der Waals surface area contributed by atoms with Gasteiger partial charge in [0.05, 0.1) is 5.92 Å². The Morgan fingerprint density at radius 1 is 1.50 bits per heavy atom. The van der Waals surface area contributed by atoms with Crippen LogP contribution in [0.5, 0.6) is 0 Å². The van der Waals surface area contributed by atoms with Crippen molar-refractivity contribution in [2.75, 3.05) is 0 Å². The van der Waals surface area contributed by atoms with Gasteiger partial charge in [-0.3, -0.25) is 4.79 Å². The summed E-state index contributed by atoms with van der Waals surface area (Å²) in [5.74, 6) is -0.0928. The molecule has 2 nitrogen and oxygen atoms in total. The van der Waals surface area contributed by atoms with E-state index in [1.54, 1.807) is 0 Å². The van der Waals surface area contributed by atoms with Gasteiger partial charge in [-0.1, -0.05) is 33.6 Å². The highest BCUT2D eigenvalue weighted by atomic mass is 16.4. The molecular weight excluding hydrogens is 152 g/mol. The molecule has 1 fully saturated rings. The molecule has 0 saturated heterocycles. The maximum atomic E-state index is 10.9. The van der Waals surface area contributed by atoms with Crippen molar-refractivity contribution in [2.24, 2.45) is 17.3 Å². The highest BCUT2D eigenvalue weighted by Crippen LogP contribution is 2.40. The molecule has 1 aliphatic carbocycles. The van der Waals surface area contributed by atoms with E-state index in [1.165, 1.54) is 12.8 Å². The van der Waals surface area contributed by atoms with Crippen LogP contribution in [0.3, 0.4) is 0 Å². The Balaban J connectivity index is 2.53. The van der Waals surface area contributed by atoms with E-state index in [4.69, 9.17) is 5.11 Å². The predicted octanol–water partition coefficient (Wildman–Crippen LogP) is 2.53. The van der Waals surface area contributed by atoms with Crippen LogP contribution in [-0.4, -0.2) is 11.1 Å². The van der Waals surface area contributed by atoms with E-state index in [0.717, 1.165) is 6.42 Å². The van der Waals surface area contributed by atoms with Crippen LogP contribution in [0.2, 0.25) is 0 Å². The van der Waals surface area contributed by atoms with Crippen molar-refractivity contribution in [1.82, 2.24) is 0 Å². The molecule has 70 valence electrons. The second-order valence-corrected chi connectivity index (χ2v) is 4.94. The Kier molecular flexibility index (Phi) is 2.45. The fourth-order valence-electron chi connectivity index (χ4n) is 1.51. The minimum atomic E-state index is -0.630. The third-order valence-electron chi connectivity index (χ3n) is 2.61. The molecule has 1 atom stereocenters. The molecular formula is C10H18O2. The number of carboxylic acids is 1. The molecule has 0 amide bonds. The summed E-state index contributed by atoms with van der Waals surface area (Å²) >= 11 is 0.